The third-order valence-electron chi connectivity index (χ3n) is 3.92. The third-order valence-corrected chi connectivity index (χ3v) is 3.92. The molecule has 118 valence electrons. The Bertz CT molecular complexity index is 497. The van der Waals surface area contributed by atoms with Crippen LogP contribution in [0.25, 0.3) is 0 Å². The fourth-order valence-corrected chi connectivity index (χ4v) is 2.32. The van der Waals surface area contributed by atoms with E-state index < -0.39 is 0 Å². The first-order chi connectivity index (χ1) is 9.82. The summed E-state index contributed by atoms with van der Waals surface area (Å²) in [5.41, 5.74) is 1.67. The van der Waals surface area contributed by atoms with Gasteiger partial charge in [0.05, 0.1) is 5.54 Å². The molecule has 0 bridgehead atoms. The second-order valence-corrected chi connectivity index (χ2v) is 6.96. The lowest BCUT2D eigenvalue weighted by molar-refractivity contribution is 0.0943. The van der Waals surface area contributed by atoms with E-state index in [4.69, 9.17) is 0 Å². The zero-order valence-corrected chi connectivity index (χ0v) is 13.9. The van der Waals surface area contributed by atoms with Gasteiger partial charge in [0, 0.05) is 24.7 Å². The van der Waals surface area contributed by atoms with Crippen molar-refractivity contribution in [1.82, 2.24) is 20.0 Å². The van der Waals surface area contributed by atoms with Crippen LogP contribution in [0.2, 0.25) is 0 Å². The number of amides is 1. The number of rotatable bonds is 6. The molecule has 0 aromatic carbocycles. The van der Waals surface area contributed by atoms with Crippen molar-refractivity contribution >= 4 is 5.91 Å². The monoisotopic (exact) mass is 292 g/mol. The number of carbonyl (C=O) groups is 1. The molecule has 21 heavy (non-hydrogen) atoms. The van der Waals surface area contributed by atoms with E-state index >= 15 is 0 Å². The minimum Gasteiger partial charge on any atom is -0.349 e. The number of nitrogens with zero attached hydrogens (tertiary/aromatic N) is 3. The second-order valence-electron chi connectivity index (χ2n) is 6.96. The van der Waals surface area contributed by atoms with Crippen LogP contribution in [0, 0.1) is 0 Å². The molecule has 1 saturated carbocycles. The van der Waals surface area contributed by atoms with Crippen molar-refractivity contribution in [2.24, 2.45) is 0 Å². The Labute approximate surface area is 127 Å². The number of hydrogen-bond donors (Lipinski definition) is 1. The van der Waals surface area contributed by atoms with Crippen LogP contribution in [0.15, 0.2) is 6.07 Å². The quantitative estimate of drug-likeness (QED) is 0.874. The molecular weight excluding hydrogens is 264 g/mol. The summed E-state index contributed by atoms with van der Waals surface area (Å²) in [6.07, 6.45) is 2.42. The Kier molecular flexibility index (Phi) is 4.71. The second kappa shape index (κ2) is 6.18. The fraction of sp³-hybridized carbons (Fsp3) is 0.750. The Hall–Kier alpha value is -1.36. The molecule has 0 spiro atoms. The van der Waals surface area contributed by atoms with E-state index in [1.54, 1.807) is 0 Å². The summed E-state index contributed by atoms with van der Waals surface area (Å²) >= 11 is 0. The van der Waals surface area contributed by atoms with E-state index in [2.05, 4.69) is 43.0 Å². The highest BCUT2D eigenvalue weighted by molar-refractivity contribution is 5.92. The van der Waals surface area contributed by atoms with Gasteiger partial charge in [0.2, 0.25) is 0 Å². The summed E-state index contributed by atoms with van der Waals surface area (Å²) in [6.45, 7) is 11.0. The van der Waals surface area contributed by atoms with Crippen molar-refractivity contribution in [1.29, 1.82) is 0 Å². The average molecular weight is 292 g/mol. The normalized spacial score (nSPS) is 15.5. The van der Waals surface area contributed by atoms with Crippen LogP contribution in [-0.4, -0.2) is 47.3 Å². The minimum atomic E-state index is -0.0844. The van der Waals surface area contributed by atoms with E-state index in [0.29, 0.717) is 18.2 Å². The van der Waals surface area contributed by atoms with Crippen LogP contribution in [0.4, 0.5) is 0 Å². The van der Waals surface area contributed by atoms with Gasteiger partial charge in [0.1, 0.15) is 5.69 Å². The van der Waals surface area contributed by atoms with E-state index in [1.165, 1.54) is 18.5 Å². The third kappa shape index (κ3) is 4.06. The van der Waals surface area contributed by atoms with Crippen molar-refractivity contribution in [3.05, 3.63) is 17.5 Å². The van der Waals surface area contributed by atoms with Crippen molar-refractivity contribution in [2.45, 2.75) is 52.0 Å². The van der Waals surface area contributed by atoms with Gasteiger partial charge in [-0.05, 0) is 53.3 Å². The zero-order chi connectivity index (χ0) is 15.6. The van der Waals surface area contributed by atoms with E-state index in [-0.39, 0.29) is 11.4 Å². The Morgan fingerprint density at radius 2 is 2.14 bits per heavy atom. The standard InChI is InChI=1S/C16H28N4O/c1-6-19(5)10-9-17-15(21)13-11-14(12-7-8-12)20(18-13)16(2,3)4/h11-12H,6-10H2,1-5H3,(H,17,21). The van der Waals surface area contributed by atoms with Crippen LogP contribution in [0.3, 0.4) is 0 Å². The molecule has 1 amide bonds. The summed E-state index contributed by atoms with van der Waals surface area (Å²) in [6, 6.07) is 1.97. The molecule has 1 heterocycles. The van der Waals surface area contributed by atoms with Gasteiger partial charge in [-0.15, -0.1) is 0 Å². The van der Waals surface area contributed by atoms with Crippen molar-refractivity contribution in [3.8, 4) is 0 Å². The Morgan fingerprint density at radius 3 is 2.67 bits per heavy atom. The van der Waals surface area contributed by atoms with Gasteiger partial charge in [-0.2, -0.15) is 5.10 Å². The summed E-state index contributed by atoms with van der Waals surface area (Å²) in [5, 5.41) is 7.51. The van der Waals surface area contributed by atoms with Gasteiger partial charge in [-0.1, -0.05) is 6.92 Å². The number of nitrogens with one attached hydrogen (secondary N) is 1. The predicted octanol–water partition coefficient (Wildman–Crippen LogP) is 2.20. The van der Waals surface area contributed by atoms with Crippen molar-refractivity contribution in [3.63, 3.8) is 0 Å². The summed E-state index contributed by atoms with van der Waals surface area (Å²) in [4.78, 5) is 14.4. The van der Waals surface area contributed by atoms with Crippen LogP contribution < -0.4 is 5.32 Å². The molecule has 2 rings (SSSR count). The van der Waals surface area contributed by atoms with Crippen LogP contribution in [0.5, 0.6) is 0 Å². The number of carbonyl (C=O) groups excluding carboxylic acids is 1. The lowest BCUT2D eigenvalue weighted by Gasteiger charge is -2.22. The first-order valence-electron chi connectivity index (χ1n) is 7.90. The maximum atomic E-state index is 12.2. The molecule has 0 atom stereocenters. The van der Waals surface area contributed by atoms with Gasteiger partial charge in [0.15, 0.2) is 0 Å². The lowest BCUT2D eigenvalue weighted by atomic mass is 10.1. The topological polar surface area (TPSA) is 50.2 Å². The highest BCUT2D eigenvalue weighted by Gasteiger charge is 2.32. The van der Waals surface area contributed by atoms with Crippen molar-refractivity contribution < 1.29 is 4.79 Å². The highest BCUT2D eigenvalue weighted by atomic mass is 16.1. The molecule has 1 fully saturated rings. The minimum absolute atomic E-state index is 0.0654. The molecule has 0 unspecified atom stereocenters. The lowest BCUT2D eigenvalue weighted by Crippen LogP contribution is -2.33. The fourth-order valence-electron chi connectivity index (χ4n) is 2.32. The summed E-state index contributed by atoms with van der Waals surface area (Å²) in [7, 11) is 2.05. The molecule has 1 aromatic rings. The van der Waals surface area contributed by atoms with Crippen LogP contribution in [-0.2, 0) is 5.54 Å². The molecule has 1 N–H and O–H groups in total. The van der Waals surface area contributed by atoms with Gasteiger partial charge >= 0.3 is 0 Å². The van der Waals surface area contributed by atoms with Crippen molar-refractivity contribution in [2.75, 3.05) is 26.7 Å². The molecular formula is C16H28N4O. The summed E-state index contributed by atoms with van der Waals surface area (Å²) in [5.74, 6) is 0.522. The molecule has 1 aliphatic carbocycles. The molecule has 0 aliphatic heterocycles. The molecule has 0 radical (unpaired) electrons. The van der Waals surface area contributed by atoms with Gasteiger partial charge in [-0.3, -0.25) is 9.48 Å². The smallest absolute Gasteiger partial charge is 0.271 e. The number of aromatic nitrogens is 2. The van der Waals surface area contributed by atoms with Crippen LogP contribution in [0.1, 0.15) is 62.6 Å². The van der Waals surface area contributed by atoms with Gasteiger partial charge < -0.3 is 10.2 Å². The molecule has 5 heteroatoms. The van der Waals surface area contributed by atoms with E-state index in [9.17, 15) is 4.79 Å². The SMILES string of the molecule is CCN(C)CCNC(=O)c1cc(C2CC2)n(C(C)(C)C)n1. The number of likely N-dealkylation sites (N-methyl/N-ethyl adjacent to an activating group) is 1. The highest BCUT2D eigenvalue weighted by Crippen LogP contribution is 2.41. The molecule has 1 aromatic heterocycles. The Morgan fingerprint density at radius 1 is 1.48 bits per heavy atom. The van der Waals surface area contributed by atoms with Gasteiger partial charge in [0.25, 0.3) is 5.91 Å². The predicted molar refractivity (Wildman–Crippen MR) is 84.7 cm³/mol. The average Bonchev–Trinajstić information content (AvgIpc) is 3.15. The Balaban J connectivity index is 2.04. The molecule has 5 nitrogen and oxygen atoms in total. The maximum Gasteiger partial charge on any atom is 0.271 e. The largest absolute Gasteiger partial charge is 0.349 e. The first kappa shape index (κ1) is 16.0. The first-order valence-corrected chi connectivity index (χ1v) is 7.90. The molecule has 0 saturated heterocycles. The molecule has 1 aliphatic rings. The van der Waals surface area contributed by atoms with Gasteiger partial charge in [-0.25, -0.2) is 0 Å². The van der Waals surface area contributed by atoms with Crippen LogP contribution >= 0.6 is 0 Å². The zero-order valence-electron chi connectivity index (χ0n) is 13.9. The summed E-state index contributed by atoms with van der Waals surface area (Å²) < 4.78 is 2.03. The van der Waals surface area contributed by atoms with E-state index in [1.807, 2.05) is 17.8 Å². The maximum absolute atomic E-state index is 12.2. The number of hydrogen-bond acceptors (Lipinski definition) is 3. The van der Waals surface area contributed by atoms with E-state index in [0.717, 1.165) is 13.1 Å².